The fraction of sp³-hybridized carbons (Fsp3) is 0.350. The van der Waals surface area contributed by atoms with Gasteiger partial charge < -0.3 is 10.1 Å². The lowest BCUT2D eigenvalue weighted by Gasteiger charge is -2.25. The predicted molar refractivity (Wildman–Crippen MR) is 112 cm³/mol. The molecule has 0 spiro atoms. The van der Waals surface area contributed by atoms with E-state index < -0.39 is 10.0 Å². The zero-order valence-electron chi connectivity index (χ0n) is 15.7. The summed E-state index contributed by atoms with van der Waals surface area (Å²) in [5.41, 5.74) is 0.922. The molecule has 0 aliphatic carbocycles. The van der Waals surface area contributed by atoms with E-state index in [1.165, 1.54) is 16.4 Å². The van der Waals surface area contributed by atoms with Gasteiger partial charge in [-0.15, -0.1) is 0 Å². The van der Waals surface area contributed by atoms with Crippen LogP contribution in [0.4, 0.5) is 5.69 Å². The Morgan fingerprint density at radius 3 is 2.43 bits per heavy atom. The Labute approximate surface area is 174 Å². The lowest BCUT2D eigenvalue weighted by atomic mass is 10.2. The molecule has 0 aromatic heterocycles. The molecule has 28 heavy (non-hydrogen) atoms. The van der Waals surface area contributed by atoms with Crippen LogP contribution in [0.15, 0.2) is 51.8 Å². The van der Waals surface area contributed by atoms with Crippen molar-refractivity contribution in [3.8, 4) is 5.75 Å². The van der Waals surface area contributed by atoms with Gasteiger partial charge >= 0.3 is 0 Å². The topological polar surface area (TPSA) is 75.7 Å². The normalized spacial score (nSPS) is 15.2. The molecule has 6 nitrogen and oxygen atoms in total. The molecule has 0 atom stereocenters. The van der Waals surface area contributed by atoms with Crippen molar-refractivity contribution in [1.29, 1.82) is 0 Å². The summed E-state index contributed by atoms with van der Waals surface area (Å²) in [7, 11) is -3.48. The predicted octanol–water partition coefficient (Wildman–Crippen LogP) is 4.27. The van der Waals surface area contributed by atoms with E-state index in [2.05, 4.69) is 21.2 Å². The maximum atomic E-state index is 12.7. The van der Waals surface area contributed by atoms with Crippen LogP contribution in [0, 0.1) is 0 Å². The van der Waals surface area contributed by atoms with Crippen molar-refractivity contribution in [2.45, 2.75) is 31.1 Å². The van der Waals surface area contributed by atoms with Crippen LogP contribution in [-0.2, 0) is 10.0 Å². The van der Waals surface area contributed by atoms with E-state index in [1.54, 1.807) is 24.3 Å². The minimum absolute atomic E-state index is 0.241. The van der Waals surface area contributed by atoms with Crippen LogP contribution in [0.3, 0.4) is 0 Å². The monoisotopic (exact) mass is 466 g/mol. The number of piperidine rings is 1. The number of carbonyl (C=O) groups excluding carboxylic acids is 1. The lowest BCUT2D eigenvalue weighted by Crippen LogP contribution is -2.35. The number of anilines is 1. The van der Waals surface area contributed by atoms with Crippen molar-refractivity contribution in [3.05, 3.63) is 52.5 Å². The van der Waals surface area contributed by atoms with Crippen molar-refractivity contribution in [2.75, 3.05) is 25.0 Å². The smallest absolute Gasteiger partial charge is 0.259 e. The molecule has 0 unspecified atom stereocenters. The highest BCUT2D eigenvalue weighted by atomic mass is 79.9. The van der Waals surface area contributed by atoms with Crippen molar-refractivity contribution >= 4 is 37.5 Å². The summed E-state index contributed by atoms with van der Waals surface area (Å²) < 4.78 is 33.2. The standard InChI is InChI=1S/C20H23BrN2O4S/c1-2-27-19-11-6-15(21)14-18(19)20(24)22-16-7-9-17(10-8-16)28(25,26)23-12-4-3-5-13-23/h6-11,14H,2-5,12-13H2,1H3,(H,22,24). The maximum absolute atomic E-state index is 12.7. The first-order valence-corrected chi connectivity index (χ1v) is 11.5. The molecule has 3 rings (SSSR count). The second-order valence-electron chi connectivity index (χ2n) is 6.52. The first-order chi connectivity index (χ1) is 13.4. The Balaban J connectivity index is 1.76. The summed E-state index contributed by atoms with van der Waals surface area (Å²) in [5.74, 6) is 0.170. The molecule has 150 valence electrons. The number of sulfonamides is 1. The number of amides is 1. The van der Waals surface area contributed by atoms with Crippen LogP contribution in [0.1, 0.15) is 36.5 Å². The second-order valence-corrected chi connectivity index (χ2v) is 9.37. The van der Waals surface area contributed by atoms with Gasteiger partial charge in [0.05, 0.1) is 17.1 Å². The Kier molecular flexibility index (Phi) is 6.74. The van der Waals surface area contributed by atoms with Crippen LogP contribution in [0.2, 0.25) is 0 Å². The summed E-state index contributed by atoms with van der Waals surface area (Å²) in [6, 6.07) is 11.5. The molecule has 1 fully saturated rings. The summed E-state index contributed by atoms with van der Waals surface area (Å²) in [6.07, 6.45) is 2.85. The molecule has 0 bridgehead atoms. The molecule has 1 amide bonds. The van der Waals surface area contributed by atoms with E-state index in [4.69, 9.17) is 4.74 Å². The number of nitrogens with one attached hydrogen (secondary N) is 1. The largest absolute Gasteiger partial charge is 0.493 e. The summed E-state index contributed by atoms with van der Waals surface area (Å²) >= 11 is 3.36. The van der Waals surface area contributed by atoms with Crippen LogP contribution >= 0.6 is 15.9 Å². The first kappa shape index (κ1) is 20.8. The van der Waals surface area contributed by atoms with E-state index in [0.717, 1.165) is 23.7 Å². The molecule has 1 aliphatic heterocycles. The third-order valence-electron chi connectivity index (χ3n) is 4.55. The molecule has 0 radical (unpaired) electrons. The van der Waals surface area contributed by atoms with Gasteiger partial charge in [0.25, 0.3) is 5.91 Å². The van der Waals surface area contributed by atoms with Crippen LogP contribution in [-0.4, -0.2) is 38.3 Å². The van der Waals surface area contributed by atoms with Gasteiger partial charge in [-0.1, -0.05) is 22.4 Å². The second kappa shape index (κ2) is 9.07. The average molecular weight is 467 g/mol. The number of rotatable bonds is 6. The van der Waals surface area contributed by atoms with Crippen molar-refractivity contribution < 1.29 is 17.9 Å². The van der Waals surface area contributed by atoms with Gasteiger partial charge in [0.2, 0.25) is 10.0 Å². The average Bonchev–Trinajstić information content (AvgIpc) is 2.70. The molecular formula is C20H23BrN2O4S. The maximum Gasteiger partial charge on any atom is 0.259 e. The van der Waals surface area contributed by atoms with Gasteiger partial charge in [0.15, 0.2) is 0 Å². The van der Waals surface area contributed by atoms with Gasteiger partial charge in [0, 0.05) is 23.2 Å². The fourth-order valence-electron chi connectivity index (χ4n) is 3.12. The van der Waals surface area contributed by atoms with E-state index in [9.17, 15) is 13.2 Å². The van der Waals surface area contributed by atoms with Gasteiger partial charge in [-0.25, -0.2) is 8.42 Å². The Morgan fingerprint density at radius 1 is 1.11 bits per heavy atom. The molecule has 1 N–H and O–H groups in total. The zero-order valence-corrected chi connectivity index (χ0v) is 18.1. The SMILES string of the molecule is CCOc1ccc(Br)cc1C(=O)Nc1ccc(S(=O)(=O)N2CCCCC2)cc1. The summed E-state index contributed by atoms with van der Waals surface area (Å²) in [4.78, 5) is 12.9. The summed E-state index contributed by atoms with van der Waals surface area (Å²) in [5, 5.41) is 2.79. The number of benzene rings is 2. The summed E-state index contributed by atoms with van der Waals surface area (Å²) in [6.45, 7) is 3.42. The number of hydrogen-bond donors (Lipinski definition) is 1. The molecule has 0 saturated carbocycles. The van der Waals surface area contributed by atoms with E-state index >= 15 is 0 Å². The quantitative estimate of drug-likeness (QED) is 0.689. The zero-order chi connectivity index (χ0) is 20.1. The molecule has 2 aromatic carbocycles. The molecule has 8 heteroatoms. The fourth-order valence-corrected chi connectivity index (χ4v) is 5.00. The van der Waals surface area contributed by atoms with Gasteiger partial charge in [-0.2, -0.15) is 4.31 Å². The Hall–Kier alpha value is -1.90. The number of halogens is 1. The minimum Gasteiger partial charge on any atom is -0.493 e. The van der Waals surface area contributed by atoms with Gasteiger partial charge in [0.1, 0.15) is 5.75 Å². The molecule has 1 heterocycles. The number of hydrogen-bond acceptors (Lipinski definition) is 4. The number of carbonyl (C=O) groups is 1. The van der Waals surface area contributed by atoms with E-state index in [0.29, 0.717) is 36.7 Å². The van der Waals surface area contributed by atoms with Crippen molar-refractivity contribution in [2.24, 2.45) is 0 Å². The number of nitrogens with zero attached hydrogens (tertiary/aromatic N) is 1. The highest BCUT2D eigenvalue weighted by molar-refractivity contribution is 9.10. The van der Waals surface area contributed by atoms with Crippen LogP contribution < -0.4 is 10.1 Å². The third kappa shape index (κ3) is 4.74. The van der Waals surface area contributed by atoms with Crippen LogP contribution in [0.5, 0.6) is 5.75 Å². The minimum atomic E-state index is -3.48. The third-order valence-corrected chi connectivity index (χ3v) is 6.96. The number of ether oxygens (including phenoxy) is 1. The van der Waals surface area contributed by atoms with Crippen molar-refractivity contribution in [3.63, 3.8) is 0 Å². The molecular weight excluding hydrogens is 444 g/mol. The highest BCUT2D eigenvalue weighted by Gasteiger charge is 2.25. The van der Waals surface area contributed by atoms with Crippen molar-refractivity contribution in [1.82, 2.24) is 4.31 Å². The first-order valence-electron chi connectivity index (χ1n) is 9.25. The Bertz CT molecular complexity index is 939. The Morgan fingerprint density at radius 2 is 1.79 bits per heavy atom. The van der Waals surface area contributed by atoms with E-state index in [-0.39, 0.29) is 10.8 Å². The molecule has 1 saturated heterocycles. The van der Waals surface area contributed by atoms with Gasteiger partial charge in [-0.05, 0) is 62.2 Å². The molecule has 2 aromatic rings. The van der Waals surface area contributed by atoms with E-state index in [1.807, 2.05) is 13.0 Å². The highest BCUT2D eigenvalue weighted by Crippen LogP contribution is 2.26. The molecule has 1 aliphatic rings. The van der Waals surface area contributed by atoms with Gasteiger partial charge in [-0.3, -0.25) is 4.79 Å². The van der Waals surface area contributed by atoms with Crippen LogP contribution in [0.25, 0.3) is 0 Å². The lowest BCUT2D eigenvalue weighted by molar-refractivity contribution is 0.102.